The van der Waals surface area contributed by atoms with Crippen molar-refractivity contribution in [2.24, 2.45) is 5.92 Å². The third-order valence-corrected chi connectivity index (χ3v) is 3.75. The number of aromatic nitrogens is 2. The topological polar surface area (TPSA) is 49.6 Å². The summed E-state index contributed by atoms with van der Waals surface area (Å²) in [5.41, 5.74) is 3.34. The van der Waals surface area contributed by atoms with E-state index in [0.717, 1.165) is 24.8 Å². The van der Waals surface area contributed by atoms with Crippen molar-refractivity contribution >= 4 is 0 Å². The highest BCUT2D eigenvalue weighted by Gasteiger charge is 2.31. The van der Waals surface area contributed by atoms with Crippen molar-refractivity contribution in [2.75, 3.05) is 0 Å². The van der Waals surface area contributed by atoms with Gasteiger partial charge in [0.15, 0.2) is 0 Å². The molecule has 3 rings (SSSR count). The fourth-order valence-electron chi connectivity index (χ4n) is 2.89. The van der Waals surface area contributed by atoms with Crippen LogP contribution in [0.15, 0.2) is 24.2 Å². The van der Waals surface area contributed by atoms with Crippen LogP contribution in [0.4, 0.5) is 0 Å². The Morgan fingerprint density at radius 3 is 3.06 bits per heavy atom. The molecule has 1 heterocycles. The average Bonchev–Trinajstić information content (AvgIpc) is 2.38. The van der Waals surface area contributed by atoms with Crippen LogP contribution in [-0.2, 0) is 6.42 Å². The van der Waals surface area contributed by atoms with Crippen LogP contribution in [0.5, 0.6) is 0 Å². The molecule has 0 saturated carbocycles. The first-order valence-corrected chi connectivity index (χ1v) is 5.78. The van der Waals surface area contributed by atoms with E-state index in [-0.39, 0.29) is 0 Å². The number of nitriles is 1. The molecule has 2 unspecified atom stereocenters. The lowest BCUT2D eigenvalue weighted by atomic mass is 9.71. The second kappa shape index (κ2) is 3.71. The molecule has 0 amide bonds. The Morgan fingerprint density at radius 1 is 1.31 bits per heavy atom. The van der Waals surface area contributed by atoms with Gasteiger partial charge in [0.1, 0.15) is 6.33 Å². The van der Waals surface area contributed by atoms with E-state index >= 15 is 0 Å². The molecular weight excluding hydrogens is 198 g/mol. The first-order chi connectivity index (χ1) is 7.88. The van der Waals surface area contributed by atoms with Crippen LogP contribution in [0, 0.1) is 17.2 Å². The molecule has 1 aromatic heterocycles. The van der Waals surface area contributed by atoms with E-state index < -0.39 is 0 Å². The van der Waals surface area contributed by atoms with Crippen LogP contribution < -0.4 is 0 Å². The molecule has 0 aliphatic heterocycles. The van der Waals surface area contributed by atoms with Gasteiger partial charge in [-0.25, -0.2) is 9.97 Å². The molecule has 2 atom stereocenters. The number of nitrogens with zero attached hydrogens (tertiary/aromatic N) is 3. The average molecular weight is 211 g/mol. The van der Waals surface area contributed by atoms with E-state index in [1.54, 1.807) is 6.33 Å². The number of hydrogen-bond donors (Lipinski definition) is 0. The van der Waals surface area contributed by atoms with E-state index in [0.29, 0.717) is 11.8 Å². The van der Waals surface area contributed by atoms with Crippen molar-refractivity contribution in [3.05, 3.63) is 35.4 Å². The summed E-state index contributed by atoms with van der Waals surface area (Å²) >= 11 is 0. The second-order valence-electron chi connectivity index (χ2n) is 4.59. The molecule has 0 radical (unpaired) electrons. The maximum absolute atomic E-state index is 8.98. The Bertz CT molecular complexity index is 484. The lowest BCUT2D eigenvalue weighted by Gasteiger charge is -2.33. The standard InChI is InChI=1S/C13H13N3/c14-6-9-1-2-10-3-4-13-12(11(10)5-9)7-15-8-16-13/h5,7-8,10-11H,1-4H2. The number of allylic oxidation sites excluding steroid dienone is 2. The van der Waals surface area contributed by atoms with Crippen molar-refractivity contribution < 1.29 is 0 Å². The first-order valence-electron chi connectivity index (χ1n) is 5.78. The number of fused-ring (bicyclic) bond motifs is 3. The summed E-state index contributed by atoms with van der Waals surface area (Å²) in [6, 6.07) is 2.29. The van der Waals surface area contributed by atoms with Gasteiger partial charge in [-0.05, 0) is 37.2 Å². The second-order valence-corrected chi connectivity index (χ2v) is 4.59. The van der Waals surface area contributed by atoms with Gasteiger partial charge in [0.05, 0.1) is 6.07 Å². The molecular formula is C13H13N3. The Labute approximate surface area is 94.8 Å². The van der Waals surface area contributed by atoms with Crippen LogP contribution in [0.25, 0.3) is 0 Å². The maximum atomic E-state index is 8.98. The van der Waals surface area contributed by atoms with E-state index in [1.165, 1.54) is 17.7 Å². The van der Waals surface area contributed by atoms with Gasteiger partial charge in [0.2, 0.25) is 0 Å². The molecule has 2 aliphatic rings. The quantitative estimate of drug-likeness (QED) is 0.662. The van der Waals surface area contributed by atoms with Crippen LogP contribution >= 0.6 is 0 Å². The normalized spacial score (nSPS) is 27.3. The van der Waals surface area contributed by atoms with Crippen molar-refractivity contribution in [1.82, 2.24) is 9.97 Å². The Kier molecular flexibility index (Phi) is 2.21. The zero-order chi connectivity index (χ0) is 11.0. The first kappa shape index (κ1) is 9.53. The molecule has 3 heteroatoms. The fourth-order valence-corrected chi connectivity index (χ4v) is 2.89. The zero-order valence-corrected chi connectivity index (χ0v) is 9.06. The third-order valence-electron chi connectivity index (χ3n) is 3.75. The summed E-state index contributed by atoms with van der Waals surface area (Å²) in [5.74, 6) is 1.07. The van der Waals surface area contributed by atoms with Gasteiger partial charge in [-0.2, -0.15) is 5.26 Å². The zero-order valence-electron chi connectivity index (χ0n) is 9.06. The predicted octanol–water partition coefficient (Wildman–Crippen LogP) is 2.37. The molecule has 0 bridgehead atoms. The minimum Gasteiger partial charge on any atom is -0.244 e. The fraction of sp³-hybridized carbons (Fsp3) is 0.462. The van der Waals surface area contributed by atoms with Crippen LogP contribution in [0.3, 0.4) is 0 Å². The SMILES string of the molecule is N#CC1=CC2c3cncnc3CCC2CC1. The van der Waals surface area contributed by atoms with Crippen LogP contribution in [0.2, 0.25) is 0 Å². The van der Waals surface area contributed by atoms with Crippen molar-refractivity contribution in [1.29, 1.82) is 5.26 Å². The molecule has 0 spiro atoms. The molecule has 0 aromatic carbocycles. The third kappa shape index (κ3) is 1.42. The van der Waals surface area contributed by atoms with E-state index in [9.17, 15) is 0 Å². The Balaban J connectivity index is 2.06. The summed E-state index contributed by atoms with van der Waals surface area (Å²) in [7, 11) is 0. The summed E-state index contributed by atoms with van der Waals surface area (Å²) in [4.78, 5) is 8.45. The smallest absolute Gasteiger partial charge is 0.115 e. The highest BCUT2D eigenvalue weighted by atomic mass is 14.8. The van der Waals surface area contributed by atoms with Gasteiger partial charge < -0.3 is 0 Å². The lowest BCUT2D eigenvalue weighted by Crippen LogP contribution is -2.23. The number of rotatable bonds is 0. The van der Waals surface area contributed by atoms with Gasteiger partial charge >= 0.3 is 0 Å². The number of hydrogen-bond acceptors (Lipinski definition) is 3. The van der Waals surface area contributed by atoms with Gasteiger partial charge in [-0.3, -0.25) is 0 Å². The van der Waals surface area contributed by atoms with E-state index in [4.69, 9.17) is 5.26 Å². The predicted molar refractivity (Wildman–Crippen MR) is 59.5 cm³/mol. The Hall–Kier alpha value is -1.69. The van der Waals surface area contributed by atoms with Crippen LogP contribution in [-0.4, -0.2) is 9.97 Å². The highest BCUT2D eigenvalue weighted by molar-refractivity contribution is 5.36. The van der Waals surface area contributed by atoms with Gasteiger partial charge in [-0.1, -0.05) is 6.08 Å². The van der Waals surface area contributed by atoms with Crippen molar-refractivity contribution in [3.63, 3.8) is 0 Å². The maximum Gasteiger partial charge on any atom is 0.115 e. The Morgan fingerprint density at radius 2 is 2.19 bits per heavy atom. The molecule has 0 N–H and O–H groups in total. The summed E-state index contributed by atoms with van der Waals surface area (Å²) < 4.78 is 0. The summed E-state index contributed by atoms with van der Waals surface area (Å²) in [6.45, 7) is 0. The molecule has 0 fully saturated rings. The van der Waals surface area contributed by atoms with E-state index in [1.807, 2.05) is 6.20 Å². The minimum absolute atomic E-state index is 0.383. The largest absolute Gasteiger partial charge is 0.244 e. The van der Waals surface area contributed by atoms with Crippen LogP contribution in [0.1, 0.15) is 36.4 Å². The highest BCUT2D eigenvalue weighted by Crippen LogP contribution is 2.42. The summed E-state index contributed by atoms with van der Waals surface area (Å²) in [5, 5.41) is 8.98. The molecule has 16 heavy (non-hydrogen) atoms. The van der Waals surface area contributed by atoms with Gasteiger partial charge in [-0.15, -0.1) is 0 Å². The molecule has 0 saturated heterocycles. The van der Waals surface area contributed by atoms with E-state index in [2.05, 4.69) is 22.1 Å². The van der Waals surface area contributed by atoms with Gasteiger partial charge in [0.25, 0.3) is 0 Å². The van der Waals surface area contributed by atoms with Crippen molar-refractivity contribution in [2.45, 2.75) is 31.6 Å². The molecule has 2 aliphatic carbocycles. The molecule has 3 nitrogen and oxygen atoms in total. The number of aryl methyl sites for hydroxylation is 1. The monoisotopic (exact) mass is 211 g/mol. The van der Waals surface area contributed by atoms with Crippen molar-refractivity contribution in [3.8, 4) is 6.07 Å². The lowest BCUT2D eigenvalue weighted by molar-refractivity contribution is 0.370. The molecule has 1 aromatic rings. The summed E-state index contributed by atoms with van der Waals surface area (Å²) in [6.07, 6.45) is 10.0. The van der Waals surface area contributed by atoms with Gasteiger partial charge in [0, 0.05) is 23.4 Å². The minimum atomic E-state index is 0.383. The molecule has 80 valence electrons.